The molecule has 10 nitrogen and oxygen atoms in total. The van der Waals surface area contributed by atoms with E-state index >= 15 is 0 Å². The monoisotopic (exact) mass is 483 g/mol. The molecule has 1 saturated heterocycles. The highest BCUT2D eigenvalue weighted by Gasteiger charge is 2.25. The van der Waals surface area contributed by atoms with Gasteiger partial charge in [0.25, 0.3) is 5.69 Å². The third-order valence-electron chi connectivity index (χ3n) is 5.13. The first-order chi connectivity index (χ1) is 15.1. The molecule has 1 fully saturated rings. The number of benzene rings is 2. The molecule has 3 rings (SSSR count). The van der Waals surface area contributed by atoms with Crippen LogP contribution in [0.1, 0.15) is 24.8 Å². The highest BCUT2D eigenvalue weighted by molar-refractivity contribution is 7.89. The van der Waals surface area contributed by atoms with Crippen LogP contribution in [0, 0.1) is 17.0 Å². The summed E-state index contributed by atoms with van der Waals surface area (Å²) in [7, 11) is -7.47. The van der Waals surface area contributed by atoms with Gasteiger partial charge < -0.3 is 4.74 Å². The molecule has 32 heavy (non-hydrogen) atoms. The maximum absolute atomic E-state index is 12.7. The average molecular weight is 484 g/mol. The Morgan fingerprint density at radius 1 is 1.00 bits per heavy atom. The van der Waals surface area contributed by atoms with Crippen molar-refractivity contribution in [3.05, 3.63) is 58.1 Å². The van der Waals surface area contributed by atoms with Gasteiger partial charge in [0.1, 0.15) is 12.4 Å². The zero-order valence-corrected chi connectivity index (χ0v) is 19.2. The lowest BCUT2D eigenvalue weighted by Gasteiger charge is -2.25. The highest BCUT2D eigenvalue weighted by Crippen LogP contribution is 2.23. The molecule has 1 aliphatic heterocycles. The quantitative estimate of drug-likeness (QED) is 0.329. The smallest absolute Gasteiger partial charge is 0.273 e. The van der Waals surface area contributed by atoms with Gasteiger partial charge in [-0.3, -0.25) is 10.1 Å². The molecular weight excluding hydrogens is 458 g/mol. The fraction of sp³-hybridized carbons (Fsp3) is 0.400. The maximum atomic E-state index is 12.7. The zero-order chi connectivity index (χ0) is 23.4. The first-order valence-electron chi connectivity index (χ1n) is 10.1. The van der Waals surface area contributed by atoms with Gasteiger partial charge in [-0.05, 0) is 50.1 Å². The normalized spacial score (nSPS) is 15.4. The predicted molar refractivity (Wildman–Crippen MR) is 118 cm³/mol. The molecule has 174 valence electrons. The van der Waals surface area contributed by atoms with Gasteiger partial charge in [-0.1, -0.05) is 12.5 Å². The van der Waals surface area contributed by atoms with E-state index in [1.807, 2.05) is 0 Å². The van der Waals surface area contributed by atoms with Crippen LogP contribution in [0.2, 0.25) is 0 Å². The lowest BCUT2D eigenvalue weighted by Crippen LogP contribution is -2.35. The van der Waals surface area contributed by atoms with E-state index in [1.165, 1.54) is 47.6 Å². The Labute approximate surface area is 187 Å². The van der Waals surface area contributed by atoms with Crippen molar-refractivity contribution < 1.29 is 26.5 Å². The number of nitro benzene ring substituents is 1. The van der Waals surface area contributed by atoms with E-state index in [9.17, 15) is 26.9 Å². The number of nitrogens with zero attached hydrogens (tertiary/aromatic N) is 2. The molecule has 1 aliphatic rings. The largest absolute Gasteiger partial charge is 0.492 e. The number of piperidine rings is 1. The van der Waals surface area contributed by atoms with E-state index < -0.39 is 25.0 Å². The van der Waals surface area contributed by atoms with Crippen LogP contribution in [0.25, 0.3) is 0 Å². The minimum absolute atomic E-state index is 0.00853. The van der Waals surface area contributed by atoms with Crippen LogP contribution in [-0.4, -0.2) is 52.3 Å². The molecule has 0 atom stereocenters. The fourth-order valence-electron chi connectivity index (χ4n) is 3.34. The molecule has 12 heteroatoms. The number of ether oxygens (including phenoxy) is 1. The summed E-state index contributed by atoms with van der Waals surface area (Å²) < 4.78 is 59.4. The molecule has 0 saturated carbocycles. The van der Waals surface area contributed by atoms with Crippen LogP contribution in [0.15, 0.2) is 52.3 Å². The minimum atomic E-state index is -3.95. The second-order valence-electron chi connectivity index (χ2n) is 7.39. The van der Waals surface area contributed by atoms with Gasteiger partial charge in [0.2, 0.25) is 20.0 Å². The van der Waals surface area contributed by atoms with Crippen LogP contribution in [0.3, 0.4) is 0 Å². The SMILES string of the molecule is Cc1ccc(S(=O)(=O)NCCOc2ccc(S(=O)(=O)N3CCCCC3)cc2)cc1[N+](=O)[O-]. The number of rotatable bonds is 9. The van der Waals surface area contributed by atoms with Crippen LogP contribution in [0.5, 0.6) is 5.75 Å². The average Bonchev–Trinajstić information content (AvgIpc) is 2.77. The predicted octanol–water partition coefficient (Wildman–Crippen LogP) is 2.44. The van der Waals surface area contributed by atoms with Crippen molar-refractivity contribution in [1.82, 2.24) is 9.03 Å². The summed E-state index contributed by atoms with van der Waals surface area (Å²) in [6.07, 6.45) is 2.74. The van der Waals surface area contributed by atoms with Gasteiger partial charge in [-0.25, -0.2) is 21.6 Å². The van der Waals surface area contributed by atoms with Gasteiger partial charge in [-0.15, -0.1) is 0 Å². The van der Waals surface area contributed by atoms with Gasteiger partial charge in [0, 0.05) is 31.3 Å². The van der Waals surface area contributed by atoms with Crippen LogP contribution < -0.4 is 9.46 Å². The first-order valence-corrected chi connectivity index (χ1v) is 13.0. The molecule has 1 N–H and O–H groups in total. The number of nitro groups is 1. The van der Waals surface area contributed by atoms with Crippen molar-refractivity contribution in [2.45, 2.75) is 36.0 Å². The van der Waals surface area contributed by atoms with Crippen LogP contribution >= 0.6 is 0 Å². The molecule has 0 amide bonds. The Morgan fingerprint density at radius 3 is 2.25 bits per heavy atom. The van der Waals surface area contributed by atoms with Crippen molar-refractivity contribution in [3.8, 4) is 5.75 Å². The summed E-state index contributed by atoms with van der Waals surface area (Å²) in [6, 6.07) is 9.67. The summed E-state index contributed by atoms with van der Waals surface area (Å²) in [5.74, 6) is 0.396. The number of sulfonamides is 2. The summed E-state index contributed by atoms with van der Waals surface area (Å²) in [5, 5.41) is 11.0. The van der Waals surface area contributed by atoms with E-state index in [0.717, 1.165) is 25.3 Å². The first kappa shape index (κ1) is 24.1. The Hall–Kier alpha value is -2.54. The highest BCUT2D eigenvalue weighted by atomic mass is 32.2. The minimum Gasteiger partial charge on any atom is -0.492 e. The molecule has 0 radical (unpaired) electrons. The summed E-state index contributed by atoms with van der Waals surface area (Å²) in [6.45, 7) is 2.48. The van der Waals surface area contributed by atoms with Gasteiger partial charge in [0.05, 0.1) is 14.7 Å². The van der Waals surface area contributed by atoms with Crippen molar-refractivity contribution in [1.29, 1.82) is 0 Å². The number of nitrogens with one attached hydrogen (secondary N) is 1. The van der Waals surface area contributed by atoms with Crippen molar-refractivity contribution in [2.24, 2.45) is 0 Å². The number of hydrogen-bond donors (Lipinski definition) is 1. The maximum Gasteiger partial charge on any atom is 0.273 e. The Balaban J connectivity index is 1.55. The molecule has 0 aliphatic carbocycles. The Morgan fingerprint density at radius 2 is 1.62 bits per heavy atom. The topological polar surface area (TPSA) is 136 Å². The summed E-state index contributed by atoms with van der Waals surface area (Å²) >= 11 is 0. The van der Waals surface area contributed by atoms with Crippen LogP contribution in [-0.2, 0) is 20.0 Å². The number of hydrogen-bond acceptors (Lipinski definition) is 7. The lowest BCUT2D eigenvalue weighted by molar-refractivity contribution is -0.385. The molecular formula is C20H25N3O7S2. The van der Waals surface area contributed by atoms with Crippen molar-refractivity contribution in [3.63, 3.8) is 0 Å². The lowest BCUT2D eigenvalue weighted by atomic mass is 10.2. The molecule has 0 unspecified atom stereocenters. The molecule has 2 aromatic carbocycles. The van der Waals surface area contributed by atoms with E-state index in [4.69, 9.17) is 4.74 Å². The Kier molecular flexibility index (Phi) is 7.49. The molecule has 2 aromatic rings. The Bertz CT molecular complexity index is 1170. The summed E-state index contributed by atoms with van der Waals surface area (Å²) in [4.78, 5) is 10.4. The van der Waals surface area contributed by atoms with E-state index in [2.05, 4.69) is 4.72 Å². The molecule has 0 aromatic heterocycles. The molecule has 0 bridgehead atoms. The van der Waals surface area contributed by atoms with Crippen molar-refractivity contribution >= 4 is 25.7 Å². The third-order valence-corrected chi connectivity index (χ3v) is 8.50. The zero-order valence-electron chi connectivity index (χ0n) is 17.6. The molecule has 1 heterocycles. The van der Waals surface area contributed by atoms with Gasteiger partial charge in [-0.2, -0.15) is 4.31 Å². The third kappa shape index (κ3) is 5.63. The van der Waals surface area contributed by atoms with Crippen molar-refractivity contribution in [2.75, 3.05) is 26.2 Å². The van der Waals surface area contributed by atoms with E-state index in [-0.39, 0.29) is 28.6 Å². The second-order valence-corrected chi connectivity index (χ2v) is 11.1. The van der Waals surface area contributed by atoms with E-state index in [1.54, 1.807) is 0 Å². The second kappa shape index (κ2) is 9.94. The number of aryl methyl sites for hydroxylation is 1. The molecule has 0 spiro atoms. The van der Waals surface area contributed by atoms with E-state index in [0.29, 0.717) is 24.4 Å². The van der Waals surface area contributed by atoms with Gasteiger partial charge >= 0.3 is 0 Å². The summed E-state index contributed by atoms with van der Waals surface area (Å²) in [5.41, 5.74) is 0.0896. The standard InChI is InChI=1S/C20H25N3O7S2/c1-16-5-8-19(15-20(16)23(24)25)31(26,27)21-11-14-30-17-6-9-18(10-7-17)32(28,29)22-12-3-2-4-13-22/h5-10,15,21H,2-4,11-14H2,1H3. The fourth-order valence-corrected chi connectivity index (χ4v) is 5.89. The van der Waals surface area contributed by atoms with Crippen LogP contribution in [0.4, 0.5) is 5.69 Å². The van der Waals surface area contributed by atoms with Gasteiger partial charge in [0.15, 0.2) is 0 Å².